The molecule has 2 atom stereocenters. The van der Waals surface area contributed by atoms with Gasteiger partial charge in [0, 0.05) is 21.2 Å². The molecule has 31 heavy (non-hydrogen) atoms. The fourth-order valence-corrected chi connectivity index (χ4v) is 4.37. The molecule has 1 fully saturated rings. The number of amides is 1. The van der Waals surface area contributed by atoms with Crippen LogP contribution in [0.1, 0.15) is 25.7 Å². The van der Waals surface area contributed by atoms with Gasteiger partial charge in [-0.25, -0.2) is 0 Å². The van der Waals surface area contributed by atoms with Crippen LogP contribution in [0.3, 0.4) is 0 Å². The van der Waals surface area contributed by atoms with Gasteiger partial charge in [0.05, 0.1) is 17.2 Å². The maximum absolute atomic E-state index is 12.6. The summed E-state index contributed by atoms with van der Waals surface area (Å²) in [7, 11) is 0. The van der Waals surface area contributed by atoms with Gasteiger partial charge in [0.1, 0.15) is 17.9 Å². The van der Waals surface area contributed by atoms with E-state index < -0.39 is 6.10 Å². The number of aliphatic hydroxyl groups is 1. The lowest BCUT2D eigenvalue weighted by atomic mass is 9.92. The molecule has 1 aliphatic rings. The first-order valence-electron chi connectivity index (χ1n) is 10.0. The number of halogens is 3. The lowest BCUT2D eigenvalue weighted by Gasteiger charge is -2.28. The summed E-state index contributed by atoms with van der Waals surface area (Å²) in [6.45, 7) is -0.0744. The fraction of sp³-hybridized carbons (Fsp3) is 0.318. The largest absolute Gasteiger partial charge is 0.391 e. The molecule has 0 spiro atoms. The zero-order chi connectivity index (χ0) is 22.0. The number of carbonyl (C=O) groups is 1. The van der Waals surface area contributed by atoms with Crippen molar-refractivity contribution in [1.82, 2.24) is 20.3 Å². The average molecular weight is 480 g/mol. The Morgan fingerprint density at radius 2 is 1.68 bits per heavy atom. The van der Waals surface area contributed by atoms with E-state index in [2.05, 4.69) is 15.5 Å². The lowest BCUT2D eigenvalue weighted by Crippen LogP contribution is -2.46. The zero-order valence-corrected chi connectivity index (χ0v) is 18.8. The van der Waals surface area contributed by atoms with E-state index in [0.717, 1.165) is 24.8 Å². The van der Waals surface area contributed by atoms with Crippen LogP contribution < -0.4 is 5.32 Å². The van der Waals surface area contributed by atoms with Crippen molar-refractivity contribution >= 4 is 40.7 Å². The minimum Gasteiger partial charge on any atom is -0.391 e. The van der Waals surface area contributed by atoms with Crippen LogP contribution in [-0.2, 0) is 11.3 Å². The van der Waals surface area contributed by atoms with Gasteiger partial charge in [0.15, 0.2) is 0 Å². The molecular weight excluding hydrogens is 459 g/mol. The lowest BCUT2D eigenvalue weighted by molar-refractivity contribution is -0.124. The van der Waals surface area contributed by atoms with E-state index in [1.54, 1.807) is 30.3 Å². The fourth-order valence-electron chi connectivity index (χ4n) is 3.74. The first kappa shape index (κ1) is 22.1. The van der Waals surface area contributed by atoms with Gasteiger partial charge in [0.25, 0.3) is 0 Å². The van der Waals surface area contributed by atoms with Crippen LogP contribution in [0, 0.1) is 0 Å². The number of nitrogens with one attached hydrogen (secondary N) is 1. The minimum absolute atomic E-state index is 0.0744. The molecule has 4 rings (SSSR count). The molecule has 0 bridgehead atoms. The van der Waals surface area contributed by atoms with E-state index in [0.29, 0.717) is 38.4 Å². The van der Waals surface area contributed by atoms with Crippen LogP contribution in [-0.4, -0.2) is 38.2 Å². The average Bonchev–Trinajstić information content (AvgIpc) is 3.13. The van der Waals surface area contributed by atoms with Crippen molar-refractivity contribution in [3.63, 3.8) is 0 Å². The van der Waals surface area contributed by atoms with E-state index >= 15 is 0 Å². The quantitative estimate of drug-likeness (QED) is 0.540. The predicted molar refractivity (Wildman–Crippen MR) is 122 cm³/mol. The van der Waals surface area contributed by atoms with Crippen molar-refractivity contribution in [1.29, 1.82) is 0 Å². The van der Waals surface area contributed by atoms with Crippen molar-refractivity contribution in [3.8, 4) is 22.5 Å². The summed E-state index contributed by atoms with van der Waals surface area (Å²) in [5.41, 5.74) is 2.56. The highest BCUT2D eigenvalue weighted by Crippen LogP contribution is 2.35. The Labute approximate surface area is 195 Å². The minimum atomic E-state index is -0.517. The number of benzene rings is 2. The third kappa shape index (κ3) is 5.21. The van der Waals surface area contributed by atoms with Gasteiger partial charge >= 0.3 is 0 Å². The van der Waals surface area contributed by atoms with E-state index in [1.807, 2.05) is 12.1 Å². The van der Waals surface area contributed by atoms with Crippen molar-refractivity contribution in [3.05, 3.63) is 57.5 Å². The predicted octanol–water partition coefficient (Wildman–Crippen LogP) is 4.99. The Hall–Kier alpha value is -2.12. The topological polar surface area (TPSA) is 80.0 Å². The number of hydrogen-bond acceptors (Lipinski definition) is 4. The van der Waals surface area contributed by atoms with Gasteiger partial charge in [-0.15, -0.1) is 0 Å². The molecule has 6 nitrogen and oxygen atoms in total. The summed E-state index contributed by atoms with van der Waals surface area (Å²) in [6.07, 6.45) is 2.91. The van der Waals surface area contributed by atoms with E-state index in [1.165, 1.54) is 4.80 Å². The second-order valence-electron chi connectivity index (χ2n) is 7.58. The standard InChI is InChI=1S/C22H21Cl3N4O2/c23-14-7-5-13(6-8-14)21-22(16-10-9-15(24)11-17(16)25)28-29(27-21)12-20(31)26-18-3-1-2-4-19(18)30/h5-11,18-19,30H,1-4,12H2,(H,26,31)/t18-,19-/m1/s1. The Morgan fingerprint density at radius 3 is 2.39 bits per heavy atom. The second-order valence-corrected chi connectivity index (χ2v) is 8.86. The molecule has 1 amide bonds. The molecule has 2 N–H and O–H groups in total. The Kier molecular flexibility index (Phi) is 6.82. The van der Waals surface area contributed by atoms with Crippen LogP contribution in [0.5, 0.6) is 0 Å². The number of carbonyl (C=O) groups excluding carboxylic acids is 1. The molecular formula is C22H21Cl3N4O2. The van der Waals surface area contributed by atoms with E-state index in [-0.39, 0.29) is 18.5 Å². The highest BCUT2D eigenvalue weighted by Gasteiger charge is 2.25. The highest BCUT2D eigenvalue weighted by atomic mass is 35.5. The maximum atomic E-state index is 12.6. The number of nitrogens with zero attached hydrogens (tertiary/aromatic N) is 3. The molecule has 3 aromatic rings. The van der Waals surface area contributed by atoms with E-state index in [4.69, 9.17) is 34.8 Å². The molecule has 0 saturated heterocycles. The molecule has 9 heteroatoms. The summed E-state index contributed by atoms with van der Waals surface area (Å²) in [6, 6.07) is 12.1. The maximum Gasteiger partial charge on any atom is 0.243 e. The van der Waals surface area contributed by atoms with Crippen LogP contribution >= 0.6 is 34.8 Å². The van der Waals surface area contributed by atoms with Crippen LogP contribution in [0.4, 0.5) is 0 Å². The molecule has 2 aromatic carbocycles. The van der Waals surface area contributed by atoms with Crippen molar-refractivity contribution in [2.45, 2.75) is 44.4 Å². The zero-order valence-electron chi connectivity index (χ0n) is 16.6. The molecule has 1 heterocycles. The molecule has 0 radical (unpaired) electrons. The van der Waals surface area contributed by atoms with Gasteiger partial charge in [0.2, 0.25) is 5.91 Å². The van der Waals surface area contributed by atoms with Crippen molar-refractivity contribution in [2.24, 2.45) is 0 Å². The molecule has 1 saturated carbocycles. The molecule has 0 aliphatic heterocycles. The number of hydrogen-bond donors (Lipinski definition) is 2. The molecule has 1 aliphatic carbocycles. The van der Waals surface area contributed by atoms with Gasteiger partial charge in [-0.1, -0.05) is 59.8 Å². The van der Waals surface area contributed by atoms with Crippen molar-refractivity contribution in [2.75, 3.05) is 0 Å². The van der Waals surface area contributed by atoms with Crippen molar-refractivity contribution < 1.29 is 9.90 Å². The summed E-state index contributed by atoms with van der Waals surface area (Å²) in [4.78, 5) is 13.9. The Balaban J connectivity index is 1.64. The Bertz CT molecular complexity index is 1080. The molecule has 0 unspecified atom stereocenters. The van der Waals surface area contributed by atoms with Gasteiger partial charge < -0.3 is 10.4 Å². The summed E-state index contributed by atoms with van der Waals surface area (Å²) in [5.74, 6) is -0.252. The summed E-state index contributed by atoms with van der Waals surface area (Å²) >= 11 is 18.5. The van der Waals surface area contributed by atoms with Crippen LogP contribution in [0.2, 0.25) is 15.1 Å². The summed E-state index contributed by atoms with van der Waals surface area (Å²) < 4.78 is 0. The monoisotopic (exact) mass is 478 g/mol. The number of rotatable bonds is 5. The SMILES string of the molecule is O=C(Cn1nc(-c2ccc(Cl)cc2)c(-c2ccc(Cl)cc2Cl)n1)N[C@@H]1CCCC[C@H]1O. The first-order valence-corrected chi connectivity index (χ1v) is 11.2. The first-order chi connectivity index (χ1) is 14.9. The molecule has 1 aromatic heterocycles. The van der Waals surface area contributed by atoms with Crippen LogP contribution in [0.25, 0.3) is 22.5 Å². The van der Waals surface area contributed by atoms with Gasteiger partial charge in [-0.05, 0) is 43.2 Å². The van der Waals surface area contributed by atoms with Crippen LogP contribution in [0.15, 0.2) is 42.5 Å². The number of aliphatic hydroxyl groups excluding tert-OH is 1. The second kappa shape index (κ2) is 9.57. The smallest absolute Gasteiger partial charge is 0.243 e. The highest BCUT2D eigenvalue weighted by molar-refractivity contribution is 6.36. The summed E-state index contributed by atoms with van der Waals surface area (Å²) in [5, 5.41) is 23.7. The normalized spacial score (nSPS) is 18.7. The van der Waals surface area contributed by atoms with Gasteiger partial charge in [-0.3, -0.25) is 4.79 Å². The Morgan fingerprint density at radius 1 is 1.00 bits per heavy atom. The molecule has 162 valence electrons. The third-order valence-corrected chi connectivity index (χ3v) is 6.12. The van der Waals surface area contributed by atoms with E-state index in [9.17, 15) is 9.90 Å². The number of aromatic nitrogens is 3. The van der Waals surface area contributed by atoms with Gasteiger partial charge in [-0.2, -0.15) is 15.0 Å². The third-order valence-electron chi connectivity index (χ3n) is 5.32.